The lowest BCUT2D eigenvalue weighted by Gasteiger charge is -1.82. The molecule has 0 aliphatic carbocycles. The Morgan fingerprint density at radius 3 is 1.82 bits per heavy atom. The van der Waals surface area contributed by atoms with Crippen molar-refractivity contribution in [2.24, 2.45) is 0 Å². The predicted molar refractivity (Wildman–Crippen MR) is 47.7 cm³/mol. The number of benzene rings is 1. The molecule has 1 nitrogen and oxygen atoms in total. The summed E-state index contributed by atoms with van der Waals surface area (Å²) in [5.41, 5.74) is 1.32. The van der Waals surface area contributed by atoms with E-state index in [2.05, 4.69) is 30.7 Å². The Bertz CT molecular complexity index is 202. The van der Waals surface area contributed by atoms with E-state index < -0.39 is 0 Å². The van der Waals surface area contributed by atoms with E-state index in [0.29, 0.717) is 0 Å². The average Bonchev–Trinajstić information content (AvgIpc) is 1.87. The maximum Gasteiger partial charge on any atom is 0.218 e. The fourth-order valence-electron chi connectivity index (χ4n) is 0.534. The first-order chi connectivity index (χ1) is 5.13. The van der Waals surface area contributed by atoms with Gasteiger partial charge in [-0.2, -0.15) is 0 Å². The molecule has 0 bridgehead atoms. The van der Waals surface area contributed by atoms with Crippen LogP contribution in [-0.2, 0) is 4.79 Å². The van der Waals surface area contributed by atoms with Crippen LogP contribution in [0, 0.1) is 6.92 Å². The molecule has 0 aliphatic heterocycles. The molecular formula is C9H11ClO. The molecular weight excluding hydrogens is 160 g/mol. The lowest BCUT2D eigenvalue weighted by Crippen LogP contribution is -1.62. The second kappa shape index (κ2) is 5.93. The first-order valence-electron chi connectivity index (χ1n) is 3.30. The summed E-state index contributed by atoms with van der Waals surface area (Å²) in [7, 11) is 0. The number of carbonyl (C=O) groups excluding carboxylic acids is 1. The van der Waals surface area contributed by atoms with E-state index in [4.69, 9.17) is 0 Å². The zero-order chi connectivity index (χ0) is 8.69. The predicted octanol–water partition coefficient (Wildman–Crippen LogP) is 2.77. The van der Waals surface area contributed by atoms with Gasteiger partial charge < -0.3 is 0 Å². The quantitative estimate of drug-likeness (QED) is 0.548. The van der Waals surface area contributed by atoms with Crippen molar-refractivity contribution in [1.82, 2.24) is 0 Å². The van der Waals surface area contributed by atoms with Crippen LogP contribution in [0.15, 0.2) is 30.3 Å². The summed E-state index contributed by atoms with van der Waals surface area (Å²) < 4.78 is 0. The van der Waals surface area contributed by atoms with Gasteiger partial charge in [0.25, 0.3) is 0 Å². The standard InChI is InChI=1S/C7H8.C2H3ClO/c1-7-5-3-2-4-6-7;1-2(3)4/h2-6H,1H3;1H3. The van der Waals surface area contributed by atoms with Gasteiger partial charge in [-0.1, -0.05) is 35.9 Å². The summed E-state index contributed by atoms with van der Waals surface area (Å²) >= 11 is 4.64. The summed E-state index contributed by atoms with van der Waals surface area (Å²) in [6.07, 6.45) is 0. The van der Waals surface area contributed by atoms with Gasteiger partial charge in [-0.25, -0.2) is 0 Å². The smallest absolute Gasteiger partial charge is 0.218 e. The lowest BCUT2D eigenvalue weighted by molar-refractivity contribution is -0.109. The Morgan fingerprint density at radius 1 is 1.27 bits per heavy atom. The highest BCUT2D eigenvalue weighted by Crippen LogP contribution is 1.92. The summed E-state index contributed by atoms with van der Waals surface area (Å²) in [4.78, 5) is 9.21. The van der Waals surface area contributed by atoms with Gasteiger partial charge in [-0.05, 0) is 18.5 Å². The molecule has 0 radical (unpaired) electrons. The maximum atomic E-state index is 9.21. The zero-order valence-electron chi connectivity index (χ0n) is 6.67. The molecule has 0 saturated carbocycles. The molecule has 1 aromatic carbocycles. The van der Waals surface area contributed by atoms with E-state index in [1.165, 1.54) is 12.5 Å². The topological polar surface area (TPSA) is 17.1 Å². The second-order valence-electron chi connectivity index (χ2n) is 2.12. The molecule has 2 heteroatoms. The Hall–Kier alpha value is -0.820. The van der Waals surface area contributed by atoms with Crippen LogP contribution in [0.25, 0.3) is 0 Å². The molecule has 0 amide bonds. The minimum atomic E-state index is -0.361. The number of aryl methyl sites for hydroxylation is 1. The number of hydrogen-bond acceptors (Lipinski definition) is 1. The summed E-state index contributed by atoms with van der Waals surface area (Å²) in [5.74, 6) is 0. The summed E-state index contributed by atoms with van der Waals surface area (Å²) in [6.45, 7) is 3.38. The third-order valence-electron chi connectivity index (χ3n) is 0.940. The van der Waals surface area contributed by atoms with Gasteiger partial charge in [0, 0.05) is 6.92 Å². The number of hydrogen-bond donors (Lipinski definition) is 0. The van der Waals surface area contributed by atoms with Crippen molar-refractivity contribution in [1.29, 1.82) is 0 Å². The van der Waals surface area contributed by atoms with E-state index in [1.807, 2.05) is 18.2 Å². The van der Waals surface area contributed by atoms with Crippen LogP contribution in [-0.4, -0.2) is 5.24 Å². The normalized spacial score (nSPS) is 7.91. The van der Waals surface area contributed by atoms with Crippen molar-refractivity contribution in [3.05, 3.63) is 35.9 Å². The van der Waals surface area contributed by atoms with Crippen LogP contribution in [0.1, 0.15) is 12.5 Å². The molecule has 0 atom stereocenters. The minimum Gasteiger partial charge on any atom is -0.282 e. The highest BCUT2D eigenvalue weighted by atomic mass is 35.5. The molecule has 0 fully saturated rings. The summed E-state index contributed by atoms with van der Waals surface area (Å²) in [6, 6.07) is 10.3. The highest BCUT2D eigenvalue weighted by Gasteiger charge is 1.72. The fourth-order valence-corrected chi connectivity index (χ4v) is 0.534. The van der Waals surface area contributed by atoms with E-state index in [1.54, 1.807) is 0 Å². The van der Waals surface area contributed by atoms with Gasteiger partial charge in [0.1, 0.15) is 0 Å². The molecule has 0 spiro atoms. The molecule has 1 rings (SSSR count). The van der Waals surface area contributed by atoms with Crippen LogP contribution in [0.5, 0.6) is 0 Å². The molecule has 0 saturated heterocycles. The van der Waals surface area contributed by atoms with Crippen molar-refractivity contribution in [3.8, 4) is 0 Å². The minimum absolute atomic E-state index is 0.361. The monoisotopic (exact) mass is 170 g/mol. The first-order valence-corrected chi connectivity index (χ1v) is 3.68. The van der Waals surface area contributed by atoms with Crippen molar-refractivity contribution in [2.45, 2.75) is 13.8 Å². The first kappa shape index (κ1) is 10.2. The molecule has 60 valence electrons. The Kier molecular flexibility index (Phi) is 5.49. The van der Waals surface area contributed by atoms with Gasteiger partial charge in [0.05, 0.1) is 0 Å². The third kappa shape index (κ3) is 9.18. The second-order valence-corrected chi connectivity index (χ2v) is 2.66. The molecule has 0 N–H and O–H groups in total. The lowest BCUT2D eigenvalue weighted by atomic mass is 10.2. The zero-order valence-corrected chi connectivity index (χ0v) is 7.43. The number of rotatable bonds is 0. The fraction of sp³-hybridized carbons (Fsp3) is 0.222. The van der Waals surface area contributed by atoms with E-state index >= 15 is 0 Å². The molecule has 0 unspecified atom stereocenters. The van der Waals surface area contributed by atoms with Crippen molar-refractivity contribution < 1.29 is 4.79 Å². The van der Waals surface area contributed by atoms with E-state index in [9.17, 15) is 4.79 Å². The van der Waals surface area contributed by atoms with Crippen molar-refractivity contribution in [3.63, 3.8) is 0 Å². The number of halogens is 1. The van der Waals surface area contributed by atoms with Crippen LogP contribution in [0.4, 0.5) is 0 Å². The largest absolute Gasteiger partial charge is 0.282 e. The maximum absolute atomic E-state index is 9.21. The van der Waals surface area contributed by atoms with E-state index in [0.717, 1.165) is 0 Å². The number of carbonyl (C=O) groups is 1. The van der Waals surface area contributed by atoms with Crippen LogP contribution in [0.2, 0.25) is 0 Å². The summed E-state index contributed by atoms with van der Waals surface area (Å²) in [5, 5.41) is -0.361. The van der Waals surface area contributed by atoms with Crippen molar-refractivity contribution in [2.75, 3.05) is 0 Å². The highest BCUT2D eigenvalue weighted by molar-refractivity contribution is 6.62. The van der Waals surface area contributed by atoms with Crippen LogP contribution < -0.4 is 0 Å². The van der Waals surface area contributed by atoms with Gasteiger partial charge >= 0.3 is 0 Å². The Balaban J connectivity index is 0.000000218. The molecule has 11 heavy (non-hydrogen) atoms. The third-order valence-corrected chi connectivity index (χ3v) is 0.940. The van der Waals surface area contributed by atoms with Gasteiger partial charge in [0.2, 0.25) is 5.24 Å². The SMILES string of the molecule is CC(=O)Cl.Cc1ccccc1. The molecule has 0 aliphatic rings. The Labute approximate surface area is 72.0 Å². The van der Waals surface area contributed by atoms with Gasteiger partial charge in [-0.15, -0.1) is 0 Å². The van der Waals surface area contributed by atoms with Gasteiger partial charge in [0.15, 0.2) is 0 Å². The van der Waals surface area contributed by atoms with E-state index in [-0.39, 0.29) is 5.24 Å². The van der Waals surface area contributed by atoms with Crippen LogP contribution >= 0.6 is 11.6 Å². The van der Waals surface area contributed by atoms with Gasteiger partial charge in [-0.3, -0.25) is 4.79 Å². The van der Waals surface area contributed by atoms with Crippen LogP contribution in [0.3, 0.4) is 0 Å². The average molecular weight is 171 g/mol. The molecule has 0 aromatic heterocycles. The molecule has 1 aromatic rings. The molecule has 0 heterocycles. The Morgan fingerprint density at radius 2 is 1.64 bits per heavy atom. The van der Waals surface area contributed by atoms with Crippen molar-refractivity contribution >= 4 is 16.8 Å².